The van der Waals surface area contributed by atoms with E-state index in [1.807, 2.05) is 6.07 Å². The van der Waals surface area contributed by atoms with E-state index in [1.54, 1.807) is 0 Å². The average Bonchev–Trinajstić information content (AvgIpc) is 3.11. The van der Waals surface area contributed by atoms with Crippen molar-refractivity contribution < 1.29 is 9.90 Å². The van der Waals surface area contributed by atoms with E-state index in [9.17, 15) is 4.79 Å². The summed E-state index contributed by atoms with van der Waals surface area (Å²) in [5.74, 6) is 1.11. The van der Waals surface area contributed by atoms with Crippen LogP contribution in [0.4, 0.5) is 0 Å². The minimum atomic E-state index is -0.598. The lowest BCUT2D eigenvalue weighted by Crippen LogP contribution is -2.00. The molecule has 0 bridgehead atoms. The highest BCUT2D eigenvalue weighted by Crippen LogP contribution is 2.61. The van der Waals surface area contributed by atoms with E-state index >= 15 is 0 Å². The van der Waals surface area contributed by atoms with E-state index in [4.69, 9.17) is 5.11 Å². The van der Waals surface area contributed by atoms with Gasteiger partial charge in [0, 0.05) is 0 Å². The van der Waals surface area contributed by atoms with Crippen molar-refractivity contribution in [1.82, 2.24) is 0 Å². The molecule has 0 radical (unpaired) electrons. The van der Waals surface area contributed by atoms with Crippen LogP contribution in [-0.2, 0) is 4.79 Å². The summed E-state index contributed by atoms with van der Waals surface area (Å²) in [6.45, 7) is 0. The van der Waals surface area contributed by atoms with E-state index < -0.39 is 5.97 Å². The molecule has 0 saturated heterocycles. The van der Waals surface area contributed by atoms with Gasteiger partial charge in [0.05, 0.1) is 5.92 Å². The fourth-order valence-corrected chi connectivity index (χ4v) is 2.74. The fraction of sp³-hybridized carbons (Fsp3) is 0.462. The predicted molar refractivity (Wildman–Crippen MR) is 56.5 cm³/mol. The monoisotopic (exact) mass is 202 g/mol. The maximum Gasteiger partial charge on any atom is 0.306 e. The molecular formula is C13H14O2. The number of carbonyl (C=O) groups is 1. The lowest BCUT2D eigenvalue weighted by molar-refractivity contribution is -0.138. The second-order valence-electron chi connectivity index (χ2n) is 4.76. The highest BCUT2D eigenvalue weighted by atomic mass is 16.4. The van der Waals surface area contributed by atoms with Crippen molar-refractivity contribution in [2.45, 2.75) is 18.8 Å². The number of benzene rings is 1. The normalized spacial score (nSPS) is 37.3. The van der Waals surface area contributed by atoms with E-state index in [2.05, 4.69) is 24.3 Å². The molecule has 78 valence electrons. The summed E-state index contributed by atoms with van der Waals surface area (Å²) in [5, 5.41) is 8.86. The molecule has 2 aliphatic rings. The van der Waals surface area contributed by atoms with Gasteiger partial charge in [-0.25, -0.2) is 0 Å². The molecule has 15 heavy (non-hydrogen) atoms. The SMILES string of the molecule is O=C(O)[C@@H]1CC1[C@H]1C[C@@H]1c1ccccc1. The first-order chi connectivity index (χ1) is 7.27. The molecular weight excluding hydrogens is 188 g/mol. The molecule has 2 nitrogen and oxygen atoms in total. The van der Waals surface area contributed by atoms with Gasteiger partial charge in [-0.3, -0.25) is 4.79 Å². The van der Waals surface area contributed by atoms with Gasteiger partial charge in [0.25, 0.3) is 0 Å². The Labute approximate surface area is 88.9 Å². The molecule has 2 aliphatic carbocycles. The van der Waals surface area contributed by atoms with Gasteiger partial charge in [-0.2, -0.15) is 0 Å². The maximum absolute atomic E-state index is 10.7. The van der Waals surface area contributed by atoms with Crippen LogP contribution < -0.4 is 0 Å². The molecule has 1 N–H and O–H groups in total. The third kappa shape index (κ3) is 1.54. The van der Waals surface area contributed by atoms with Crippen LogP contribution in [0.25, 0.3) is 0 Å². The average molecular weight is 202 g/mol. The standard InChI is InChI=1S/C13H14O2/c14-13(15)12-7-11(12)10-6-9(10)8-4-2-1-3-5-8/h1-5,9-12H,6-7H2,(H,14,15)/t9-,10+,11?,12-/m1/s1. The van der Waals surface area contributed by atoms with Gasteiger partial charge in [-0.15, -0.1) is 0 Å². The van der Waals surface area contributed by atoms with E-state index in [0.717, 1.165) is 6.42 Å². The molecule has 1 aromatic rings. The fourth-order valence-electron chi connectivity index (χ4n) is 2.74. The zero-order valence-electron chi connectivity index (χ0n) is 8.47. The Hall–Kier alpha value is -1.31. The molecule has 2 heteroatoms. The molecule has 4 atom stereocenters. The molecule has 1 aromatic carbocycles. The summed E-state index contributed by atoms with van der Waals surface area (Å²) < 4.78 is 0. The molecule has 0 aliphatic heterocycles. The number of hydrogen-bond donors (Lipinski definition) is 1. The third-order valence-electron chi connectivity index (χ3n) is 3.77. The number of hydrogen-bond acceptors (Lipinski definition) is 1. The van der Waals surface area contributed by atoms with Crippen LogP contribution >= 0.6 is 0 Å². The summed E-state index contributed by atoms with van der Waals surface area (Å²) in [6, 6.07) is 10.5. The van der Waals surface area contributed by atoms with Crippen LogP contribution in [0.3, 0.4) is 0 Å². The first-order valence-electron chi connectivity index (χ1n) is 5.55. The largest absolute Gasteiger partial charge is 0.481 e. The second-order valence-corrected chi connectivity index (χ2v) is 4.76. The Bertz CT molecular complexity index is 385. The summed E-state index contributed by atoms with van der Waals surface area (Å²) in [5.41, 5.74) is 1.39. The lowest BCUT2D eigenvalue weighted by Gasteiger charge is -1.98. The number of carboxylic acid groups (broad SMARTS) is 1. The quantitative estimate of drug-likeness (QED) is 0.817. The van der Waals surface area contributed by atoms with E-state index in [0.29, 0.717) is 17.8 Å². The second kappa shape index (κ2) is 3.09. The minimum Gasteiger partial charge on any atom is -0.481 e. The zero-order valence-corrected chi connectivity index (χ0v) is 8.47. The van der Waals surface area contributed by atoms with Gasteiger partial charge in [-0.05, 0) is 36.2 Å². The third-order valence-corrected chi connectivity index (χ3v) is 3.77. The van der Waals surface area contributed by atoms with Crippen LogP contribution in [0.5, 0.6) is 0 Å². The molecule has 0 amide bonds. The van der Waals surface area contributed by atoms with Crippen molar-refractivity contribution in [1.29, 1.82) is 0 Å². The summed E-state index contributed by atoms with van der Waals surface area (Å²) in [4.78, 5) is 10.7. The summed E-state index contributed by atoms with van der Waals surface area (Å²) >= 11 is 0. The van der Waals surface area contributed by atoms with Crippen molar-refractivity contribution in [2.75, 3.05) is 0 Å². The van der Waals surface area contributed by atoms with Crippen molar-refractivity contribution in [3.05, 3.63) is 35.9 Å². The smallest absolute Gasteiger partial charge is 0.306 e. The number of aliphatic carboxylic acids is 1. The van der Waals surface area contributed by atoms with Gasteiger partial charge < -0.3 is 5.11 Å². The topological polar surface area (TPSA) is 37.3 Å². The van der Waals surface area contributed by atoms with Crippen LogP contribution in [0.2, 0.25) is 0 Å². The van der Waals surface area contributed by atoms with Crippen LogP contribution in [-0.4, -0.2) is 11.1 Å². The van der Waals surface area contributed by atoms with Crippen molar-refractivity contribution in [2.24, 2.45) is 17.8 Å². The Morgan fingerprint density at radius 1 is 1.13 bits per heavy atom. The van der Waals surface area contributed by atoms with Crippen molar-refractivity contribution in [3.63, 3.8) is 0 Å². The molecule has 0 aromatic heterocycles. The van der Waals surface area contributed by atoms with Gasteiger partial charge in [0.2, 0.25) is 0 Å². The summed E-state index contributed by atoms with van der Waals surface area (Å²) in [7, 11) is 0. The van der Waals surface area contributed by atoms with Crippen LogP contribution in [0.1, 0.15) is 24.3 Å². The Balaban J connectivity index is 1.64. The molecule has 3 rings (SSSR count). The van der Waals surface area contributed by atoms with E-state index in [1.165, 1.54) is 12.0 Å². The maximum atomic E-state index is 10.7. The van der Waals surface area contributed by atoms with Crippen molar-refractivity contribution in [3.8, 4) is 0 Å². The summed E-state index contributed by atoms with van der Waals surface area (Å²) in [6.07, 6.45) is 2.10. The van der Waals surface area contributed by atoms with Gasteiger partial charge in [0.15, 0.2) is 0 Å². The lowest BCUT2D eigenvalue weighted by atomic mass is 10.1. The van der Waals surface area contributed by atoms with E-state index in [-0.39, 0.29) is 5.92 Å². The number of carboxylic acids is 1. The first-order valence-corrected chi connectivity index (χ1v) is 5.55. The first kappa shape index (κ1) is 8.96. The highest BCUT2D eigenvalue weighted by molar-refractivity contribution is 5.73. The van der Waals surface area contributed by atoms with Gasteiger partial charge in [-0.1, -0.05) is 30.3 Å². The highest BCUT2D eigenvalue weighted by Gasteiger charge is 2.56. The van der Waals surface area contributed by atoms with Crippen LogP contribution in [0.15, 0.2) is 30.3 Å². The molecule has 1 unspecified atom stereocenters. The van der Waals surface area contributed by atoms with Gasteiger partial charge in [0.1, 0.15) is 0 Å². The molecule has 0 spiro atoms. The molecule has 2 fully saturated rings. The van der Waals surface area contributed by atoms with Crippen LogP contribution in [0, 0.1) is 17.8 Å². The minimum absolute atomic E-state index is 0.0382. The molecule has 2 saturated carbocycles. The van der Waals surface area contributed by atoms with Gasteiger partial charge >= 0.3 is 5.97 Å². The Morgan fingerprint density at radius 3 is 2.47 bits per heavy atom. The predicted octanol–water partition coefficient (Wildman–Crippen LogP) is 2.51. The molecule has 0 heterocycles. The Kier molecular flexibility index (Phi) is 1.84. The Morgan fingerprint density at radius 2 is 1.87 bits per heavy atom. The van der Waals surface area contributed by atoms with Crippen molar-refractivity contribution >= 4 is 5.97 Å². The zero-order chi connectivity index (χ0) is 10.4. The number of rotatable bonds is 3.